The number of H-pyrrole nitrogens is 1. The first-order valence-electron chi connectivity index (χ1n) is 3.50. The Bertz CT molecular complexity index is 371. The molecule has 6 nitrogen and oxygen atoms in total. The molecule has 0 fully saturated rings. The number of carbonyl (C=O) groups is 1. The highest BCUT2D eigenvalue weighted by Gasteiger charge is 2.08. The molecule has 0 unspecified atom stereocenters. The highest BCUT2D eigenvalue weighted by atomic mass is 16.5. The van der Waals surface area contributed by atoms with E-state index in [4.69, 9.17) is 5.11 Å². The number of ether oxygens (including phenoxy) is 1. The first-order chi connectivity index (χ1) is 6.11. The molecule has 1 aromatic heterocycles. The summed E-state index contributed by atoms with van der Waals surface area (Å²) in [5.41, 5.74) is -0.577. The summed E-state index contributed by atoms with van der Waals surface area (Å²) in [4.78, 5) is 27.1. The Morgan fingerprint density at radius 2 is 2.46 bits per heavy atom. The van der Waals surface area contributed by atoms with E-state index in [-0.39, 0.29) is 12.2 Å². The number of nitrogens with one attached hydrogen (secondary N) is 1. The maximum Gasteiger partial charge on any atom is 0.302 e. The number of aromatic nitrogens is 2. The standard InChI is InChI=1S/C7H8N2O4/c1-4(10)13-2-5-6(11)8-3-9-7(5)12/h3H,2H2,1H3,(H2,8,9,11,12). The molecular formula is C7H8N2O4. The van der Waals surface area contributed by atoms with Gasteiger partial charge >= 0.3 is 5.97 Å². The van der Waals surface area contributed by atoms with Crippen LogP contribution in [0.25, 0.3) is 0 Å². The number of rotatable bonds is 2. The number of nitrogens with zero attached hydrogens (tertiary/aromatic N) is 1. The minimum Gasteiger partial charge on any atom is -0.493 e. The van der Waals surface area contributed by atoms with Gasteiger partial charge in [0.05, 0.1) is 6.33 Å². The van der Waals surface area contributed by atoms with Gasteiger partial charge in [-0.05, 0) is 0 Å². The Morgan fingerprint density at radius 3 is 3.00 bits per heavy atom. The number of aromatic hydroxyl groups is 1. The molecule has 0 spiro atoms. The molecule has 0 atom stereocenters. The molecular weight excluding hydrogens is 176 g/mol. The normalized spacial score (nSPS) is 9.62. The summed E-state index contributed by atoms with van der Waals surface area (Å²) in [6.45, 7) is 0.936. The summed E-state index contributed by atoms with van der Waals surface area (Å²) in [6, 6.07) is 0. The van der Waals surface area contributed by atoms with Gasteiger partial charge in [-0.15, -0.1) is 0 Å². The van der Waals surface area contributed by atoms with Crippen molar-refractivity contribution >= 4 is 5.97 Å². The Hall–Kier alpha value is -1.85. The van der Waals surface area contributed by atoms with Gasteiger partial charge in [0.2, 0.25) is 5.88 Å². The summed E-state index contributed by atoms with van der Waals surface area (Å²) < 4.78 is 4.53. The van der Waals surface area contributed by atoms with Crippen LogP contribution < -0.4 is 5.56 Å². The predicted octanol–water partition coefficient (Wildman–Crippen LogP) is -0.461. The van der Waals surface area contributed by atoms with E-state index < -0.39 is 17.4 Å². The maximum absolute atomic E-state index is 11.0. The van der Waals surface area contributed by atoms with Crippen molar-refractivity contribution in [2.24, 2.45) is 0 Å². The number of carbonyl (C=O) groups excluding carboxylic acids is 1. The second-order valence-electron chi connectivity index (χ2n) is 2.31. The van der Waals surface area contributed by atoms with E-state index in [1.807, 2.05) is 0 Å². The van der Waals surface area contributed by atoms with Gasteiger partial charge in [0.25, 0.3) is 5.56 Å². The van der Waals surface area contributed by atoms with Crippen molar-refractivity contribution in [1.29, 1.82) is 0 Å². The van der Waals surface area contributed by atoms with Gasteiger partial charge < -0.3 is 14.8 Å². The van der Waals surface area contributed by atoms with Gasteiger partial charge in [0, 0.05) is 6.92 Å². The topological polar surface area (TPSA) is 92.3 Å². The van der Waals surface area contributed by atoms with Gasteiger partial charge in [-0.25, -0.2) is 4.98 Å². The molecule has 6 heteroatoms. The molecule has 1 heterocycles. The zero-order chi connectivity index (χ0) is 9.84. The van der Waals surface area contributed by atoms with E-state index in [9.17, 15) is 9.59 Å². The minimum atomic E-state index is -0.525. The van der Waals surface area contributed by atoms with Crippen molar-refractivity contribution in [3.63, 3.8) is 0 Å². The Labute approximate surface area is 73.2 Å². The first kappa shape index (κ1) is 9.24. The highest BCUT2D eigenvalue weighted by Crippen LogP contribution is 2.06. The fourth-order valence-corrected chi connectivity index (χ4v) is 0.723. The third kappa shape index (κ3) is 2.29. The summed E-state index contributed by atoms with van der Waals surface area (Å²) in [5, 5.41) is 9.08. The second kappa shape index (κ2) is 3.70. The molecule has 0 aromatic carbocycles. The zero-order valence-electron chi connectivity index (χ0n) is 6.90. The Balaban J connectivity index is 2.87. The van der Waals surface area contributed by atoms with E-state index in [1.54, 1.807) is 0 Å². The van der Waals surface area contributed by atoms with Crippen LogP contribution in [0.4, 0.5) is 0 Å². The molecule has 1 aromatic rings. The quantitative estimate of drug-likeness (QED) is 0.606. The number of esters is 1. The van der Waals surface area contributed by atoms with E-state index in [0.29, 0.717) is 0 Å². The number of hydrogen-bond donors (Lipinski definition) is 2. The van der Waals surface area contributed by atoms with Crippen molar-refractivity contribution in [3.05, 3.63) is 22.2 Å². The molecule has 0 aliphatic rings. The molecule has 0 radical (unpaired) electrons. The van der Waals surface area contributed by atoms with E-state index in [2.05, 4.69) is 14.7 Å². The van der Waals surface area contributed by atoms with Crippen LogP contribution >= 0.6 is 0 Å². The summed E-state index contributed by atoms with van der Waals surface area (Å²) >= 11 is 0. The average molecular weight is 184 g/mol. The predicted molar refractivity (Wildman–Crippen MR) is 42.0 cm³/mol. The molecule has 0 aliphatic heterocycles. The lowest BCUT2D eigenvalue weighted by Crippen LogP contribution is -2.15. The van der Waals surface area contributed by atoms with E-state index in [1.165, 1.54) is 6.92 Å². The van der Waals surface area contributed by atoms with Gasteiger partial charge in [0.15, 0.2) is 0 Å². The van der Waals surface area contributed by atoms with Crippen molar-refractivity contribution in [1.82, 2.24) is 9.97 Å². The van der Waals surface area contributed by atoms with Crippen molar-refractivity contribution in [2.75, 3.05) is 0 Å². The summed E-state index contributed by atoms with van der Waals surface area (Å²) in [5.74, 6) is -0.951. The summed E-state index contributed by atoms with van der Waals surface area (Å²) in [7, 11) is 0. The molecule has 0 aliphatic carbocycles. The van der Waals surface area contributed by atoms with Gasteiger partial charge in [-0.3, -0.25) is 9.59 Å². The van der Waals surface area contributed by atoms with Crippen LogP contribution in [0.2, 0.25) is 0 Å². The SMILES string of the molecule is CC(=O)OCc1c(O)nc[nH]c1=O. The van der Waals surface area contributed by atoms with E-state index >= 15 is 0 Å². The fraction of sp³-hybridized carbons (Fsp3) is 0.286. The van der Waals surface area contributed by atoms with Gasteiger partial charge in [-0.1, -0.05) is 0 Å². The smallest absolute Gasteiger partial charge is 0.302 e. The van der Waals surface area contributed by atoms with Crippen LogP contribution in [-0.2, 0) is 16.1 Å². The minimum absolute atomic E-state index is 0.0577. The van der Waals surface area contributed by atoms with Crippen LogP contribution in [0.5, 0.6) is 5.88 Å². The van der Waals surface area contributed by atoms with Crippen LogP contribution in [0.15, 0.2) is 11.1 Å². The maximum atomic E-state index is 11.0. The third-order valence-electron chi connectivity index (χ3n) is 1.35. The Kier molecular flexibility index (Phi) is 2.63. The van der Waals surface area contributed by atoms with Gasteiger partial charge in [0.1, 0.15) is 12.2 Å². The first-order valence-corrected chi connectivity index (χ1v) is 3.50. The van der Waals surface area contributed by atoms with E-state index in [0.717, 1.165) is 6.33 Å². The molecule has 0 saturated carbocycles. The van der Waals surface area contributed by atoms with Crippen molar-refractivity contribution in [3.8, 4) is 5.88 Å². The molecule has 0 saturated heterocycles. The Morgan fingerprint density at radius 1 is 1.77 bits per heavy atom. The van der Waals surface area contributed by atoms with Crippen molar-refractivity contribution < 1.29 is 14.6 Å². The van der Waals surface area contributed by atoms with Crippen LogP contribution in [0.3, 0.4) is 0 Å². The van der Waals surface area contributed by atoms with Crippen molar-refractivity contribution in [2.45, 2.75) is 13.5 Å². The number of hydrogen-bond acceptors (Lipinski definition) is 5. The molecule has 13 heavy (non-hydrogen) atoms. The lowest BCUT2D eigenvalue weighted by atomic mass is 10.3. The number of aromatic amines is 1. The van der Waals surface area contributed by atoms with Crippen LogP contribution in [0.1, 0.15) is 12.5 Å². The molecule has 70 valence electrons. The third-order valence-corrected chi connectivity index (χ3v) is 1.35. The van der Waals surface area contributed by atoms with Crippen LogP contribution in [-0.4, -0.2) is 21.0 Å². The zero-order valence-corrected chi connectivity index (χ0v) is 6.90. The molecule has 1 rings (SSSR count). The largest absolute Gasteiger partial charge is 0.493 e. The van der Waals surface area contributed by atoms with Crippen LogP contribution in [0, 0.1) is 0 Å². The molecule has 0 bridgehead atoms. The molecule has 0 amide bonds. The fourth-order valence-electron chi connectivity index (χ4n) is 0.723. The highest BCUT2D eigenvalue weighted by molar-refractivity contribution is 5.65. The monoisotopic (exact) mass is 184 g/mol. The lowest BCUT2D eigenvalue weighted by molar-refractivity contribution is -0.142. The summed E-state index contributed by atoms with van der Waals surface area (Å²) in [6.07, 6.45) is 1.06. The van der Waals surface area contributed by atoms with Gasteiger partial charge in [-0.2, -0.15) is 0 Å². The molecule has 2 N–H and O–H groups in total. The average Bonchev–Trinajstić information content (AvgIpc) is 2.03. The lowest BCUT2D eigenvalue weighted by Gasteiger charge is -2.01. The second-order valence-corrected chi connectivity index (χ2v) is 2.31.